The second kappa shape index (κ2) is 8.48. The van der Waals surface area contributed by atoms with Crippen molar-refractivity contribution in [1.29, 1.82) is 0 Å². The lowest BCUT2D eigenvalue weighted by molar-refractivity contribution is -0.697. The quantitative estimate of drug-likeness (QED) is 0.433. The molecule has 0 saturated heterocycles. The van der Waals surface area contributed by atoms with Crippen LogP contribution in [0.5, 0.6) is 0 Å². The van der Waals surface area contributed by atoms with Gasteiger partial charge in [-0.05, 0) is 40.1 Å². The highest BCUT2D eigenvalue weighted by atomic mass is 15.1. The van der Waals surface area contributed by atoms with Crippen molar-refractivity contribution in [3.63, 3.8) is 0 Å². The molecule has 26 heavy (non-hydrogen) atoms. The van der Waals surface area contributed by atoms with Crippen LogP contribution in [-0.4, -0.2) is 14.1 Å². The van der Waals surface area contributed by atoms with Gasteiger partial charge in [0.2, 0.25) is 0 Å². The summed E-state index contributed by atoms with van der Waals surface area (Å²) in [4.78, 5) is 2.13. The maximum Gasteiger partial charge on any atom is 0.169 e. The van der Waals surface area contributed by atoms with Gasteiger partial charge in [0, 0.05) is 38.3 Å². The Kier molecular flexibility index (Phi) is 5.85. The standard InChI is InChI=1S/C24H27N2/c1-4-15-26-16-13-20(14-17-26)7-5-6-8-21-9-10-23-19-24(25(2)3)12-11-22(23)18-21/h5-14,16-19H,4,15H2,1-3H3/q+1. The zero-order chi connectivity index (χ0) is 18.4. The summed E-state index contributed by atoms with van der Waals surface area (Å²) >= 11 is 0. The first kappa shape index (κ1) is 17.9. The maximum absolute atomic E-state index is 2.23. The van der Waals surface area contributed by atoms with E-state index in [1.165, 1.54) is 27.6 Å². The first-order chi connectivity index (χ1) is 12.7. The van der Waals surface area contributed by atoms with Crippen LogP contribution < -0.4 is 9.47 Å². The SMILES string of the molecule is CCC[n+]1ccc(/C=C/C=C/c2ccc3cc(N(C)C)ccc3c2)cc1. The molecule has 0 bridgehead atoms. The predicted octanol–water partition coefficient (Wildman–Crippen LogP) is 5.33. The molecule has 0 aliphatic carbocycles. The first-order valence-corrected chi connectivity index (χ1v) is 9.21. The lowest BCUT2D eigenvalue weighted by atomic mass is 10.1. The van der Waals surface area contributed by atoms with Gasteiger partial charge in [0.15, 0.2) is 12.4 Å². The van der Waals surface area contributed by atoms with Gasteiger partial charge in [0.1, 0.15) is 6.54 Å². The van der Waals surface area contributed by atoms with E-state index < -0.39 is 0 Å². The molecule has 0 fully saturated rings. The van der Waals surface area contributed by atoms with E-state index in [0.717, 1.165) is 13.0 Å². The van der Waals surface area contributed by atoms with Crippen LogP contribution in [0.2, 0.25) is 0 Å². The van der Waals surface area contributed by atoms with Crippen LogP contribution in [0.15, 0.2) is 73.1 Å². The number of benzene rings is 2. The fourth-order valence-electron chi connectivity index (χ4n) is 2.95. The predicted molar refractivity (Wildman–Crippen MR) is 113 cm³/mol. The van der Waals surface area contributed by atoms with Crippen LogP contribution in [-0.2, 0) is 6.54 Å². The van der Waals surface area contributed by atoms with Crippen molar-refractivity contribution in [2.75, 3.05) is 19.0 Å². The summed E-state index contributed by atoms with van der Waals surface area (Å²) in [6, 6.07) is 17.5. The average Bonchev–Trinajstić information content (AvgIpc) is 2.66. The summed E-state index contributed by atoms with van der Waals surface area (Å²) in [6.45, 7) is 3.27. The Bertz CT molecular complexity index is 919. The number of hydrogen-bond acceptors (Lipinski definition) is 1. The summed E-state index contributed by atoms with van der Waals surface area (Å²) in [7, 11) is 4.14. The van der Waals surface area contributed by atoms with Crippen LogP contribution in [0.25, 0.3) is 22.9 Å². The number of fused-ring (bicyclic) bond motifs is 1. The minimum Gasteiger partial charge on any atom is -0.378 e. The van der Waals surface area contributed by atoms with Gasteiger partial charge < -0.3 is 4.90 Å². The molecule has 3 rings (SSSR count). The molecule has 1 heterocycles. The third-order valence-electron chi connectivity index (χ3n) is 4.45. The van der Waals surface area contributed by atoms with Gasteiger partial charge in [-0.25, -0.2) is 4.57 Å². The molecule has 0 saturated carbocycles. The average molecular weight is 343 g/mol. The van der Waals surface area contributed by atoms with Crippen molar-refractivity contribution in [2.45, 2.75) is 19.9 Å². The van der Waals surface area contributed by atoms with E-state index in [1.807, 2.05) is 0 Å². The Balaban J connectivity index is 1.68. The van der Waals surface area contributed by atoms with Gasteiger partial charge in [0.05, 0.1) is 0 Å². The number of nitrogens with zero attached hydrogens (tertiary/aromatic N) is 2. The Morgan fingerprint density at radius 2 is 1.46 bits per heavy atom. The number of pyridine rings is 1. The Morgan fingerprint density at radius 1 is 0.808 bits per heavy atom. The van der Waals surface area contributed by atoms with E-state index in [9.17, 15) is 0 Å². The minimum atomic E-state index is 1.07. The molecular formula is C24H27N2+. The fourth-order valence-corrected chi connectivity index (χ4v) is 2.95. The lowest BCUT2D eigenvalue weighted by Gasteiger charge is -2.13. The van der Waals surface area contributed by atoms with Crippen LogP contribution in [0.4, 0.5) is 5.69 Å². The second-order valence-corrected chi connectivity index (χ2v) is 6.77. The number of aromatic nitrogens is 1. The molecular weight excluding hydrogens is 316 g/mol. The fraction of sp³-hybridized carbons (Fsp3) is 0.208. The summed E-state index contributed by atoms with van der Waals surface area (Å²) in [5.41, 5.74) is 3.66. The molecule has 132 valence electrons. The van der Waals surface area contributed by atoms with Crippen molar-refractivity contribution < 1.29 is 4.57 Å². The molecule has 0 radical (unpaired) electrons. The van der Waals surface area contributed by atoms with Gasteiger partial charge in [-0.3, -0.25) is 0 Å². The third-order valence-corrected chi connectivity index (χ3v) is 4.45. The summed E-state index contributed by atoms with van der Waals surface area (Å²) < 4.78 is 2.21. The molecule has 2 heteroatoms. The topological polar surface area (TPSA) is 7.12 Å². The highest BCUT2D eigenvalue weighted by molar-refractivity contribution is 5.87. The minimum absolute atomic E-state index is 1.07. The van der Waals surface area contributed by atoms with Crippen LogP contribution in [0.3, 0.4) is 0 Å². The number of anilines is 1. The van der Waals surface area contributed by atoms with E-state index >= 15 is 0 Å². The number of rotatable bonds is 6. The number of aryl methyl sites for hydroxylation is 1. The summed E-state index contributed by atoms with van der Waals surface area (Å²) in [5.74, 6) is 0. The van der Waals surface area contributed by atoms with E-state index in [2.05, 4.69) is 116 Å². The van der Waals surface area contributed by atoms with Crippen LogP contribution in [0, 0.1) is 0 Å². The highest BCUT2D eigenvalue weighted by Gasteiger charge is 1.99. The Hall–Kier alpha value is -2.87. The van der Waals surface area contributed by atoms with Crippen molar-refractivity contribution in [2.24, 2.45) is 0 Å². The first-order valence-electron chi connectivity index (χ1n) is 9.21. The molecule has 1 aromatic heterocycles. The molecule has 0 amide bonds. The molecule has 3 aromatic rings. The molecule has 0 spiro atoms. The van der Waals surface area contributed by atoms with E-state index in [0.29, 0.717) is 0 Å². The van der Waals surface area contributed by atoms with Gasteiger partial charge in [-0.2, -0.15) is 0 Å². The highest BCUT2D eigenvalue weighted by Crippen LogP contribution is 2.22. The molecule has 2 nitrogen and oxygen atoms in total. The maximum atomic E-state index is 2.23. The van der Waals surface area contributed by atoms with Gasteiger partial charge in [0.25, 0.3) is 0 Å². The van der Waals surface area contributed by atoms with Crippen molar-refractivity contribution >= 4 is 28.6 Å². The van der Waals surface area contributed by atoms with Gasteiger partial charge in [-0.15, -0.1) is 0 Å². The molecule has 0 N–H and O–H groups in total. The Morgan fingerprint density at radius 3 is 2.15 bits per heavy atom. The third kappa shape index (κ3) is 4.60. The van der Waals surface area contributed by atoms with Crippen molar-refractivity contribution in [3.05, 3.63) is 84.2 Å². The van der Waals surface area contributed by atoms with E-state index in [4.69, 9.17) is 0 Å². The normalized spacial score (nSPS) is 11.7. The van der Waals surface area contributed by atoms with Gasteiger partial charge >= 0.3 is 0 Å². The molecule has 2 aromatic carbocycles. The van der Waals surface area contributed by atoms with Crippen LogP contribution in [0.1, 0.15) is 24.5 Å². The number of hydrogen-bond donors (Lipinski definition) is 0. The smallest absolute Gasteiger partial charge is 0.169 e. The van der Waals surface area contributed by atoms with Crippen molar-refractivity contribution in [3.8, 4) is 0 Å². The molecule has 0 aliphatic heterocycles. The molecule has 0 aliphatic rings. The summed E-state index contributed by atoms with van der Waals surface area (Å²) in [6.07, 6.45) is 13.9. The van der Waals surface area contributed by atoms with Crippen LogP contribution >= 0.6 is 0 Å². The molecule has 0 unspecified atom stereocenters. The Labute approximate surface area is 156 Å². The van der Waals surface area contributed by atoms with E-state index in [1.54, 1.807) is 0 Å². The zero-order valence-electron chi connectivity index (χ0n) is 15.9. The van der Waals surface area contributed by atoms with E-state index in [-0.39, 0.29) is 0 Å². The monoisotopic (exact) mass is 343 g/mol. The van der Waals surface area contributed by atoms with Crippen molar-refractivity contribution in [1.82, 2.24) is 0 Å². The second-order valence-electron chi connectivity index (χ2n) is 6.77. The lowest BCUT2D eigenvalue weighted by Crippen LogP contribution is -2.31. The molecule has 0 atom stereocenters. The zero-order valence-corrected chi connectivity index (χ0v) is 15.9. The largest absolute Gasteiger partial charge is 0.378 e. The van der Waals surface area contributed by atoms with Gasteiger partial charge in [-0.1, -0.05) is 49.4 Å². The number of allylic oxidation sites excluding steroid dienone is 2. The summed E-state index contributed by atoms with van der Waals surface area (Å²) in [5, 5.41) is 2.54.